The van der Waals surface area contributed by atoms with Crippen LogP contribution in [0, 0.1) is 6.92 Å². The van der Waals surface area contributed by atoms with Crippen molar-refractivity contribution in [1.82, 2.24) is 14.5 Å². The number of aromatic carboxylic acids is 1. The van der Waals surface area contributed by atoms with Gasteiger partial charge in [0.25, 0.3) is 0 Å². The summed E-state index contributed by atoms with van der Waals surface area (Å²) in [5.41, 5.74) is 0.766. The van der Waals surface area contributed by atoms with Crippen molar-refractivity contribution in [3.63, 3.8) is 0 Å². The number of hydrogen-bond donors (Lipinski definition) is 1. The summed E-state index contributed by atoms with van der Waals surface area (Å²) in [5.74, 6) is -0.329. The highest BCUT2D eigenvalue weighted by Crippen LogP contribution is 2.23. The van der Waals surface area contributed by atoms with Crippen molar-refractivity contribution in [1.29, 1.82) is 0 Å². The monoisotopic (exact) mass is 360 g/mol. The fourth-order valence-electron chi connectivity index (χ4n) is 3.13. The minimum absolute atomic E-state index is 0.210. The van der Waals surface area contributed by atoms with Gasteiger partial charge in [-0.3, -0.25) is 4.79 Å². The summed E-state index contributed by atoms with van der Waals surface area (Å²) in [6.45, 7) is 12.1. The van der Waals surface area contributed by atoms with Gasteiger partial charge in [0.05, 0.1) is 5.39 Å². The van der Waals surface area contributed by atoms with E-state index in [0.717, 1.165) is 37.6 Å². The first-order valence-corrected chi connectivity index (χ1v) is 9.14. The first-order chi connectivity index (χ1) is 12.4. The molecule has 0 unspecified atom stereocenters. The number of aryl methyl sites for hydroxylation is 2. The molecular formula is C19H28N4O3. The van der Waals surface area contributed by atoms with E-state index in [2.05, 4.69) is 16.8 Å². The number of aromatic nitrogens is 2. The molecule has 0 aromatic carbocycles. The van der Waals surface area contributed by atoms with Crippen LogP contribution in [0.5, 0.6) is 0 Å². The summed E-state index contributed by atoms with van der Waals surface area (Å²) < 4.78 is 1.74. The third kappa shape index (κ3) is 3.72. The predicted octanol–water partition coefficient (Wildman–Crippen LogP) is 2.20. The molecule has 0 aliphatic carbocycles. The molecule has 1 aliphatic rings. The molecule has 2 aromatic heterocycles. The number of nitrogens with zero attached hydrogens (tertiary/aromatic N) is 4. The second-order valence-corrected chi connectivity index (χ2v) is 6.25. The van der Waals surface area contributed by atoms with Gasteiger partial charge >= 0.3 is 5.97 Å². The van der Waals surface area contributed by atoms with Crippen LogP contribution >= 0.6 is 0 Å². The van der Waals surface area contributed by atoms with Crippen LogP contribution in [0.1, 0.15) is 36.7 Å². The summed E-state index contributed by atoms with van der Waals surface area (Å²) in [6, 6.07) is 1.77. The van der Waals surface area contributed by atoms with Gasteiger partial charge in [0, 0.05) is 38.9 Å². The van der Waals surface area contributed by atoms with Crippen molar-refractivity contribution >= 4 is 22.8 Å². The third-order valence-electron chi connectivity index (χ3n) is 4.59. The quantitative estimate of drug-likeness (QED) is 0.904. The van der Waals surface area contributed by atoms with Crippen molar-refractivity contribution in [2.45, 2.75) is 34.2 Å². The van der Waals surface area contributed by atoms with Gasteiger partial charge in [-0.05, 0) is 32.5 Å². The molecule has 0 amide bonds. The molecule has 142 valence electrons. The topological polar surface area (TPSA) is 78.7 Å². The maximum Gasteiger partial charge on any atom is 0.341 e. The standard InChI is InChI=1S/C17H22N4O3.C2H6/c1-4-20-10-13(17(23)24)14(22)12-9-11(2)15(18-16(12)20)21-7-5-19(3)6-8-21;1-2/h9-10H,4-8H2,1-3H3,(H,23,24);1-2H3. The Balaban J connectivity index is 0.00000117. The normalized spacial score (nSPS) is 14.9. The molecule has 0 bridgehead atoms. The summed E-state index contributed by atoms with van der Waals surface area (Å²) >= 11 is 0. The van der Waals surface area contributed by atoms with Crippen LogP contribution in [0.15, 0.2) is 17.1 Å². The van der Waals surface area contributed by atoms with Crippen LogP contribution < -0.4 is 10.3 Å². The maximum atomic E-state index is 12.5. The number of pyridine rings is 2. The average molecular weight is 360 g/mol. The lowest BCUT2D eigenvalue weighted by atomic mass is 10.1. The zero-order chi connectivity index (χ0) is 19.4. The SMILES string of the molecule is CC.CCn1cc(C(=O)O)c(=O)c2cc(C)c(N3CCN(C)CC3)nc21. The maximum absolute atomic E-state index is 12.5. The van der Waals surface area contributed by atoms with Gasteiger partial charge in [0.1, 0.15) is 17.0 Å². The highest BCUT2D eigenvalue weighted by Gasteiger charge is 2.21. The van der Waals surface area contributed by atoms with Gasteiger partial charge in [-0.15, -0.1) is 0 Å². The summed E-state index contributed by atoms with van der Waals surface area (Å²) in [7, 11) is 2.10. The molecule has 2 aromatic rings. The Morgan fingerprint density at radius 2 is 1.85 bits per heavy atom. The minimum Gasteiger partial charge on any atom is -0.477 e. The van der Waals surface area contributed by atoms with Crippen molar-refractivity contribution in [3.8, 4) is 0 Å². The lowest BCUT2D eigenvalue weighted by molar-refractivity contribution is 0.0695. The van der Waals surface area contributed by atoms with E-state index in [1.807, 2.05) is 27.7 Å². The van der Waals surface area contributed by atoms with Crippen molar-refractivity contribution in [2.75, 3.05) is 38.1 Å². The van der Waals surface area contributed by atoms with E-state index in [1.165, 1.54) is 6.20 Å². The van der Waals surface area contributed by atoms with Crippen LogP contribution in [-0.2, 0) is 6.54 Å². The largest absolute Gasteiger partial charge is 0.477 e. The minimum atomic E-state index is -1.20. The molecule has 0 saturated carbocycles. The number of fused-ring (bicyclic) bond motifs is 1. The average Bonchev–Trinajstić information content (AvgIpc) is 2.64. The molecule has 0 atom stereocenters. The van der Waals surface area contributed by atoms with Crippen molar-refractivity contribution in [3.05, 3.63) is 33.6 Å². The first-order valence-electron chi connectivity index (χ1n) is 9.14. The van der Waals surface area contributed by atoms with E-state index in [9.17, 15) is 14.7 Å². The number of piperazine rings is 1. The second-order valence-electron chi connectivity index (χ2n) is 6.25. The third-order valence-corrected chi connectivity index (χ3v) is 4.59. The van der Waals surface area contributed by atoms with Crippen LogP contribution in [0.2, 0.25) is 0 Å². The van der Waals surface area contributed by atoms with Crippen LogP contribution in [0.3, 0.4) is 0 Å². The van der Waals surface area contributed by atoms with Gasteiger partial charge in [0.15, 0.2) is 0 Å². The van der Waals surface area contributed by atoms with Gasteiger partial charge < -0.3 is 19.5 Å². The zero-order valence-corrected chi connectivity index (χ0v) is 16.2. The summed E-state index contributed by atoms with van der Waals surface area (Å²) in [5, 5.41) is 9.62. The fraction of sp³-hybridized carbons (Fsp3) is 0.526. The summed E-state index contributed by atoms with van der Waals surface area (Å²) in [6.07, 6.45) is 1.39. The number of carbonyl (C=O) groups is 1. The number of carboxylic acids is 1. The number of carboxylic acid groups (broad SMARTS) is 1. The summed E-state index contributed by atoms with van der Waals surface area (Å²) in [4.78, 5) is 33.0. The number of hydrogen-bond acceptors (Lipinski definition) is 5. The van der Waals surface area contributed by atoms with E-state index in [4.69, 9.17) is 4.98 Å². The molecule has 0 radical (unpaired) electrons. The Morgan fingerprint density at radius 1 is 1.23 bits per heavy atom. The molecule has 26 heavy (non-hydrogen) atoms. The fourth-order valence-corrected chi connectivity index (χ4v) is 3.13. The molecule has 3 rings (SSSR count). The second kappa shape index (κ2) is 8.31. The van der Waals surface area contributed by atoms with Crippen LogP contribution in [0.4, 0.5) is 5.82 Å². The van der Waals surface area contributed by atoms with E-state index >= 15 is 0 Å². The van der Waals surface area contributed by atoms with Crippen molar-refractivity contribution < 1.29 is 9.90 Å². The van der Waals surface area contributed by atoms with Gasteiger partial charge in [-0.1, -0.05) is 13.8 Å². The molecule has 0 spiro atoms. The lowest BCUT2D eigenvalue weighted by Gasteiger charge is -2.34. The Hall–Kier alpha value is -2.41. The highest BCUT2D eigenvalue weighted by molar-refractivity contribution is 5.92. The van der Waals surface area contributed by atoms with Gasteiger partial charge in [-0.25, -0.2) is 9.78 Å². The predicted molar refractivity (Wildman–Crippen MR) is 104 cm³/mol. The highest BCUT2D eigenvalue weighted by atomic mass is 16.4. The van der Waals surface area contributed by atoms with E-state index in [0.29, 0.717) is 17.6 Å². The molecule has 7 nitrogen and oxygen atoms in total. The lowest BCUT2D eigenvalue weighted by Crippen LogP contribution is -2.45. The van der Waals surface area contributed by atoms with Crippen LogP contribution in [0.25, 0.3) is 11.0 Å². The first kappa shape index (κ1) is 19.9. The number of likely N-dealkylation sites (N-methyl/N-ethyl adjacent to an activating group) is 1. The number of anilines is 1. The van der Waals surface area contributed by atoms with Gasteiger partial charge in [0.2, 0.25) is 5.43 Å². The Bertz CT molecular complexity index is 852. The molecule has 1 fully saturated rings. The molecule has 1 saturated heterocycles. The molecule has 1 aliphatic heterocycles. The van der Waals surface area contributed by atoms with Crippen molar-refractivity contribution in [2.24, 2.45) is 0 Å². The Labute approximate surface area is 153 Å². The Morgan fingerprint density at radius 3 is 2.38 bits per heavy atom. The Kier molecular flexibility index (Phi) is 6.37. The smallest absolute Gasteiger partial charge is 0.341 e. The molecule has 3 heterocycles. The molecule has 7 heteroatoms. The zero-order valence-electron chi connectivity index (χ0n) is 16.2. The van der Waals surface area contributed by atoms with E-state index < -0.39 is 11.4 Å². The van der Waals surface area contributed by atoms with E-state index in [1.54, 1.807) is 10.6 Å². The molecular weight excluding hydrogens is 332 g/mol. The van der Waals surface area contributed by atoms with E-state index in [-0.39, 0.29) is 5.56 Å². The number of rotatable bonds is 3. The van der Waals surface area contributed by atoms with Gasteiger partial charge in [-0.2, -0.15) is 0 Å². The molecule has 1 N–H and O–H groups in total. The van der Waals surface area contributed by atoms with Crippen LogP contribution in [-0.4, -0.2) is 58.8 Å².